The van der Waals surface area contributed by atoms with Crippen molar-refractivity contribution < 1.29 is 19.0 Å². The van der Waals surface area contributed by atoms with Crippen molar-refractivity contribution in [3.63, 3.8) is 0 Å². The van der Waals surface area contributed by atoms with E-state index in [4.69, 9.17) is 0 Å². The van der Waals surface area contributed by atoms with Crippen molar-refractivity contribution in [1.82, 2.24) is 0 Å². The summed E-state index contributed by atoms with van der Waals surface area (Å²) in [5, 5.41) is 22.3. The minimum absolute atomic E-state index is 0.137. The number of allylic oxidation sites excluding steroid dienone is 3. The van der Waals surface area contributed by atoms with E-state index in [1.807, 2.05) is 33.8 Å². The summed E-state index contributed by atoms with van der Waals surface area (Å²) in [6.07, 6.45) is 7.06. The summed E-state index contributed by atoms with van der Waals surface area (Å²) in [6.45, 7) is 9.86. The number of aliphatic hydroxyl groups excluding tert-OH is 1. The second-order valence-corrected chi connectivity index (χ2v) is 12.5. The molecule has 1 aromatic rings. The minimum atomic E-state index is -1.11. The van der Waals surface area contributed by atoms with Crippen LogP contribution in [-0.4, -0.2) is 21.9 Å². The van der Waals surface area contributed by atoms with E-state index in [-0.39, 0.29) is 35.2 Å². The molecule has 5 rings (SSSR count). The Kier molecular flexibility index (Phi) is 6.49. The fraction of sp³-hybridized carbons (Fsp3) is 0.625. The zero-order valence-corrected chi connectivity index (χ0v) is 22.3. The van der Waals surface area contributed by atoms with Crippen LogP contribution < -0.4 is 0 Å². The third-order valence-corrected chi connectivity index (χ3v) is 9.66. The molecule has 194 valence electrons. The van der Waals surface area contributed by atoms with E-state index in [1.165, 1.54) is 16.7 Å². The summed E-state index contributed by atoms with van der Waals surface area (Å²) < 4.78 is 30.6. The first-order valence-electron chi connectivity index (χ1n) is 13.8. The van der Waals surface area contributed by atoms with Gasteiger partial charge < -0.3 is 10.2 Å². The smallest absolute Gasteiger partial charge is 0.131 e. The molecule has 1 aromatic carbocycles. The molecule has 0 saturated heterocycles. The maximum absolute atomic E-state index is 15.3. The van der Waals surface area contributed by atoms with Crippen LogP contribution in [0.1, 0.15) is 103 Å². The zero-order valence-electron chi connectivity index (χ0n) is 22.3. The van der Waals surface area contributed by atoms with E-state index in [9.17, 15) is 10.2 Å². The highest BCUT2D eigenvalue weighted by atomic mass is 19.1. The van der Waals surface area contributed by atoms with Crippen molar-refractivity contribution in [2.75, 3.05) is 0 Å². The summed E-state index contributed by atoms with van der Waals surface area (Å²) in [7, 11) is 0. The standard InChI is InChI=1S/C32H40F2O2/c1-18(2)10-12-32(36)13-11-26-24-8-6-20-14-22(35)7-9-23(20)30(24)25(17-31(26,32)5)21-15-27(33)29(19(3)4)28(34)16-21/h14-16,18-19,22,24-26,35-36H,6-9,11,13,17H2,1-5H3/t22?,24-,25+,26-,31-,32-/m0/s1. The molecule has 4 aliphatic rings. The number of aliphatic hydroxyl groups is 2. The van der Waals surface area contributed by atoms with Gasteiger partial charge in [0, 0.05) is 22.8 Å². The predicted octanol–water partition coefficient (Wildman–Crippen LogP) is 7.17. The van der Waals surface area contributed by atoms with E-state index in [1.54, 1.807) is 12.1 Å². The van der Waals surface area contributed by atoms with Crippen LogP contribution in [0.5, 0.6) is 0 Å². The van der Waals surface area contributed by atoms with Gasteiger partial charge in [-0.25, -0.2) is 8.78 Å². The Morgan fingerprint density at radius 2 is 1.72 bits per heavy atom. The number of halogens is 2. The molecule has 2 N–H and O–H groups in total. The van der Waals surface area contributed by atoms with Gasteiger partial charge in [-0.2, -0.15) is 0 Å². The van der Waals surface area contributed by atoms with Crippen LogP contribution >= 0.6 is 0 Å². The van der Waals surface area contributed by atoms with Gasteiger partial charge in [0.05, 0.1) is 6.10 Å². The Bertz CT molecular complexity index is 1160. The summed E-state index contributed by atoms with van der Waals surface area (Å²) in [6, 6.07) is 3.09. The Balaban J connectivity index is 1.69. The molecule has 0 aromatic heterocycles. The summed E-state index contributed by atoms with van der Waals surface area (Å²) in [5.74, 6) is 5.81. The number of fused-ring (bicyclic) bond motifs is 4. The van der Waals surface area contributed by atoms with Crippen molar-refractivity contribution >= 4 is 0 Å². The third kappa shape index (κ3) is 3.98. The number of benzene rings is 1. The molecular weight excluding hydrogens is 454 g/mol. The molecule has 2 fully saturated rings. The van der Waals surface area contributed by atoms with E-state index >= 15 is 8.78 Å². The van der Waals surface area contributed by atoms with Crippen LogP contribution in [0.4, 0.5) is 8.78 Å². The monoisotopic (exact) mass is 494 g/mol. The summed E-state index contributed by atoms with van der Waals surface area (Å²) in [5.41, 5.74) is 3.04. The van der Waals surface area contributed by atoms with Crippen molar-refractivity contribution in [2.45, 2.75) is 103 Å². The van der Waals surface area contributed by atoms with Gasteiger partial charge in [0.2, 0.25) is 0 Å². The van der Waals surface area contributed by atoms with Gasteiger partial charge in [0.15, 0.2) is 0 Å². The molecule has 6 atom stereocenters. The first kappa shape index (κ1) is 25.7. The molecule has 0 bridgehead atoms. The van der Waals surface area contributed by atoms with Crippen LogP contribution in [-0.2, 0) is 0 Å². The van der Waals surface area contributed by atoms with Crippen molar-refractivity contribution in [2.24, 2.45) is 23.2 Å². The first-order chi connectivity index (χ1) is 16.9. The molecule has 1 unspecified atom stereocenters. The molecule has 0 aliphatic heterocycles. The zero-order chi connectivity index (χ0) is 26.0. The molecule has 4 heteroatoms. The van der Waals surface area contributed by atoms with Crippen LogP contribution in [0.25, 0.3) is 0 Å². The second kappa shape index (κ2) is 9.10. The Morgan fingerprint density at radius 1 is 1.03 bits per heavy atom. The van der Waals surface area contributed by atoms with Crippen LogP contribution in [0, 0.1) is 46.6 Å². The fourth-order valence-corrected chi connectivity index (χ4v) is 7.91. The van der Waals surface area contributed by atoms with Gasteiger partial charge in [-0.05, 0) is 91.5 Å². The molecule has 36 heavy (non-hydrogen) atoms. The normalized spacial score (nSPS) is 35.7. The largest absolute Gasteiger partial charge is 0.389 e. The summed E-state index contributed by atoms with van der Waals surface area (Å²) in [4.78, 5) is 0. The Labute approximate surface area is 214 Å². The highest BCUT2D eigenvalue weighted by molar-refractivity contribution is 5.50. The molecule has 0 amide bonds. The molecule has 4 aliphatic carbocycles. The lowest BCUT2D eigenvalue weighted by atomic mass is 9.51. The first-order valence-corrected chi connectivity index (χ1v) is 13.8. The van der Waals surface area contributed by atoms with Crippen LogP contribution in [0.3, 0.4) is 0 Å². The van der Waals surface area contributed by atoms with E-state index in [2.05, 4.69) is 18.8 Å². The third-order valence-electron chi connectivity index (χ3n) is 9.66. The lowest BCUT2D eigenvalue weighted by Crippen LogP contribution is -2.51. The number of hydrogen-bond donors (Lipinski definition) is 2. The van der Waals surface area contributed by atoms with E-state index in [0.29, 0.717) is 24.8 Å². The molecule has 0 heterocycles. The lowest BCUT2D eigenvalue weighted by molar-refractivity contribution is -0.0515. The van der Waals surface area contributed by atoms with E-state index < -0.39 is 28.8 Å². The Morgan fingerprint density at radius 3 is 2.36 bits per heavy atom. The predicted molar refractivity (Wildman–Crippen MR) is 139 cm³/mol. The average molecular weight is 495 g/mol. The molecule has 0 radical (unpaired) electrons. The number of hydrogen-bond acceptors (Lipinski definition) is 2. The maximum atomic E-state index is 15.3. The average Bonchev–Trinajstić information content (AvgIpc) is 3.06. The van der Waals surface area contributed by atoms with Gasteiger partial charge in [-0.1, -0.05) is 58.1 Å². The highest BCUT2D eigenvalue weighted by Gasteiger charge is 2.62. The van der Waals surface area contributed by atoms with Gasteiger partial charge in [0.25, 0.3) is 0 Å². The lowest BCUT2D eigenvalue weighted by Gasteiger charge is -2.54. The Hall–Kier alpha value is -1.96. The van der Waals surface area contributed by atoms with Crippen molar-refractivity contribution in [1.29, 1.82) is 0 Å². The number of rotatable bonds is 2. The van der Waals surface area contributed by atoms with Crippen molar-refractivity contribution in [3.8, 4) is 11.8 Å². The molecule has 0 spiro atoms. The van der Waals surface area contributed by atoms with Gasteiger partial charge in [-0.15, -0.1) is 0 Å². The fourth-order valence-electron chi connectivity index (χ4n) is 7.91. The molecule has 2 nitrogen and oxygen atoms in total. The quantitative estimate of drug-likeness (QED) is 0.428. The second-order valence-electron chi connectivity index (χ2n) is 12.5. The summed E-state index contributed by atoms with van der Waals surface area (Å²) >= 11 is 0. The minimum Gasteiger partial charge on any atom is -0.389 e. The topological polar surface area (TPSA) is 40.5 Å². The van der Waals surface area contributed by atoms with Gasteiger partial charge in [-0.3, -0.25) is 0 Å². The van der Waals surface area contributed by atoms with Gasteiger partial charge in [0.1, 0.15) is 17.2 Å². The highest BCUT2D eigenvalue weighted by Crippen LogP contribution is 2.66. The van der Waals surface area contributed by atoms with Crippen LogP contribution in [0.15, 0.2) is 34.9 Å². The molecule has 2 saturated carbocycles. The molecular formula is C32H40F2O2. The van der Waals surface area contributed by atoms with Crippen molar-refractivity contribution in [3.05, 3.63) is 57.7 Å². The maximum Gasteiger partial charge on any atom is 0.131 e. The van der Waals surface area contributed by atoms with Gasteiger partial charge >= 0.3 is 0 Å². The SMILES string of the molecule is CC(C)C#C[C@]1(O)CC[C@H]2[C@@H]3CCC4=CC(O)CCC4=C3[C@@H](c3cc(F)c(C(C)C)c(F)c3)C[C@@]21C. The van der Waals surface area contributed by atoms with E-state index in [0.717, 1.165) is 25.7 Å². The van der Waals surface area contributed by atoms with Crippen LogP contribution in [0.2, 0.25) is 0 Å².